The Morgan fingerprint density at radius 1 is 1.20 bits per heavy atom. The van der Waals surface area contributed by atoms with Crippen molar-refractivity contribution in [3.63, 3.8) is 0 Å². The summed E-state index contributed by atoms with van der Waals surface area (Å²) in [7, 11) is 0. The first-order valence-electron chi connectivity index (χ1n) is 7.15. The van der Waals surface area contributed by atoms with E-state index in [1.54, 1.807) is 0 Å². The number of nitriles is 1. The Balaban J connectivity index is 2.20. The van der Waals surface area contributed by atoms with Crippen LogP contribution in [0, 0.1) is 37.5 Å². The molecule has 0 unspecified atom stereocenters. The van der Waals surface area contributed by atoms with Gasteiger partial charge in [0.15, 0.2) is 0 Å². The van der Waals surface area contributed by atoms with Crippen molar-refractivity contribution in [2.24, 2.45) is 5.41 Å². The average Bonchev–Trinajstić information content (AvgIpc) is 2.38. The number of carbonyl (C=O) groups excluding carboxylic acids is 1. The fourth-order valence-electron chi connectivity index (χ4n) is 2.99. The molecule has 3 nitrogen and oxygen atoms in total. The van der Waals surface area contributed by atoms with Crippen LogP contribution < -0.4 is 0 Å². The lowest BCUT2D eigenvalue weighted by atomic mass is 9.82. The van der Waals surface area contributed by atoms with Crippen molar-refractivity contribution in [2.45, 2.75) is 40.5 Å². The topological polar surface area (TPSA) is 44.1 Å². The minimum absolute atomic E-state index is 0.111. The van der Waals surface area contributed by atoms with Gasteiger partial charge in [0.1, 0.15) is 0 Å². The van der Waals surface area contributed by atoms with Crippen molar-refractivity contribution in [1.82, 2.24) is 4.90 Å². The van der Waals surface area contributed by atoms with Gasteiger partial charge in [-0.2, -0.15) is 5.26 Å². The molecule has 1 aromatic rings. The molecule has 0 N–H and O–H groups in total. The fourth-order valence-corrected chi connectivity index (χ4v) is 2.99. The second kappa shape index (κ2) is 5.28. The quantitative estimate of drug-likeness (QED) is 0.785. The molecule has 0 radical (unpaired) electrons. The summed E-state index contributed by atoms with van der Waals surface area (Å²) in [5, 5.41) is 9.16. The number of amides is 1. The standard InChI is InChI=1S/C17H22N2O/c1-12-9-13(2)15(14(3)10-12)16(20)19-7-5-17(4,11-18)6-8-19/h9-10H,5-8H2,1-4H3. The zero-order chi connectivity index (χ0) is 14.9. The number of aryl methyl sites for hydroxylation is 3. The van der Waals surface area contributed by atoms with Crippen LogP contribution in [0.2, 0.25) is 0 Å². The summed E-state index contributed by atoms with van der Waals surface area (Å²) in [6, 6.07) is 6.49. The highest BCUT2D eigenvalue weighted by atomic mass is 16.2. The van der Waals surface area contributed by atoms with Crippen LogP contribution in [0.25, 0.3) is 0 Å². The summed E-state index contributed by atoms with van der Waals surface area (Å²) in [5.74, 6) is 0.111. The molecular weight excluding hydrogens is 248 g/mol. The molecule has 1 aliphatic rings. The molecule has 1 fully saturated rings. The molecule has 0 spiro atoms. The van der Waals surface area contributed by atoms with Gasteiger partial charge in [0.05, 0.1) is 11.5 Å². The molecule has 1 saturated heterocycles. The summed E-state index contributed by atoms with van der Waals surface area (Å²) < 4.78 is 0. The van der Waals surface area contributed by atoms with E-state index in [-0.39, 0.29) is 11.3 Å². The molecule has 20 heavy (non-hydrogen) atoms. The molecule has 0 aromatic heterocycles. The van der Waals surface area contributed by atoms with Crippen LogP contribution in [0.4, 0.5) is 0 Å². The Morgan fingerprint density at radius 3 is 2.15 bits per heavy atom. The van der Waals surface area contributed by atoms with Crippen molar-refractivity contribution in [2.75, 3.05) is 13.1 Å². The van der Waals surface area contributed by atoms with Gasteiger partial charge in [0, 0.05) is 18.7 Å². The van der Waals surface area contributed by atoms with E-state index in [0.29, 0.717) is 13.1 Å². The lowest BCUT2D eigenvalue weighted by molar-refractivity contribution is 0.0660. The summed E-state index contributed by atoms with van der Waals surface area (Å²) in [4.78, 5) is 14.6. The molecule has 3 heteroatoms. The van der Waals surface area contributed by atoms with Gasteiger partial charge >= 0.3 is 0 Å². The number of likely N-dealkylation sites (tertiary alicyclic amines) is 1. The van der Waals surface area contributed by atoms with Crippen LogP contribution in [0.1, 0.15) is 46.8 Å². The monoisotopic (exact) mass is 270 g/mol. The minimum Gasteiger partial charge on any atom is -0.339 e. The molecule has 1 heterocycles. The van der Waals surface area contributed by atoms with Gasteiger partial charge < -0.3 is 4.90 Å². The molecule has 106 valence electrons. The molecule has 0 bridgehead atoms. The van der Waals surface area contributed by atoms with Gasteiger partial charge in [-0.05, 0) is 51.7 Å². The van der Waals surface area contributed by atoms with Gasteiger partial charge in [0.2, 0.25) is 0 Å². The van der Waals surface area contributed by atoms with Gasteiger partial charge in [-0.3, -0.25) is 4.79 Å². The predicted octanol–water partition coefficient (Wildman–Crippen LogP) is 3.38. The summed E-state index contributed by atoms with van der Waals surface area (Å²) >= 11 is 0. The lowest BCUT2D eigenvalue weighted by Crippen LogP contribution is -2.42. The third-order valence-corrected chi connectivity index (χ3v) is 4.32. The first-order chi connectivity index (χ1) is 9.36. The zero-order valence-electron chi connectivity index (χ0n) is 12.8. The molecule has 0 saturated carbocycles. The van der Waals surface area contributed by atoms with Crippen LogP contribution in [-0.2, 0) is 0 Å². The Hall–Kier alpha value is -1.82. The smallest absolute Gasteiger partial charge is 0.254 e. The number of benzene rings is 1. The van der Waals surface area contributed by atoms with Crippen LogP contribution >= 0.6 is 0 Å². The van der Waals surface area contributed by atoms with E-state index in [4.69, 9.17) is 5.26 Å². The first kappa shape index (κ1) is 14.6. The Kier molecular flexibility index (Phi) is 3.85. The van der Waals surface area contributed by atoms with E-state index >= 15 is 0 Å². The molecule has 1 amide bonds. The Bertz CT molecular complexity index is 552. The minimum atomic E-state index is -0.270. The van der Waals surface area contributed by atoms with Gasteiger partial charge in [-0.15, -0.1) is 0 Å². The largest absolute Gasteiger partial charge is 0.339 e. The van der Waals surface area contributed by atoms with E-state index in [9.17, 15) is 4.79 Å². The third kappa shape index (κ3) is 2.70. The highest BCUT2D eigenvalue weighted by Crippen LogP contribution is 2.31. The molecule has 1 aromatic carbocycles. The highest BCUT2D eigenvalue weighted by molar-refractivity contribution is 5.97. The number of carbonyl (C=O) groups is 1. The molecule has 0 atom stereocenters. The van der Waals surface area contributed by atoms with Gasteiger partial charge in [-0.1, -0.05) is 17.7 Å². The first-order valence-corrected chi connectivity index (χ1v) is 7.15. The summed E-state index contributed by atoms with van der Waals surface area (Å²) in [6.07, 6.45) is 1.53. The van der Waals surface area contributed by atoms with Crippen molar-refractivity contribution in [3.8, 4) is 6.07 Å². The van der Waals surface area contributed by atoms with Crippen LogP contribution in [0.5, 0.6) is 0 Å². The highest BCUT2D eigenvalue weighted by Gasteiger charge is 2.32. The van der Waals surface area contributed by atoms with Crippen LogP contribution in [0.15, 0.2) is 12.1 Å². The number of rotatable bonds is 1. The molecule has 0 aliphatic carbocycles. The van der Waals surface area contributed by atoms with E-state index in [1.165, 1.54) is 5.56 Å². The Labute approximate surface area is 121 Å². The number of hydrogen-bond acceptors (Lipinski definition) is 2. The van der Waals surface area contributed by atoms with Crippen LogP contribution in [0.3, 0.4) is 0 Å². The van der Waals surface area contributed by atoms with Gasteiger partial charge in [0.25, 0.3) is 5.91 Å². The maximum atomic E-state index is 12.7. The maximum absolute atomic E-state index is 12.7. The average molecular weight is 270 g/mol. The SMILES string of the molecule is Cc1cc(C)c(C(=O)N2CCC(C)(C#N)CC2)c(C)c1. The van der Waals surface area contributed by atoms with E-state index < -0.39 is 0 Å². The number of hydrogen-bond donors (Lipinski definition) is 0. The lowest BCUT2D eigenvalue weighted by Gasteiger charge is -2.35. The second-order valence-corrected chi connectivity index (χ2v) is 6.24. The molecular formula is C17H22N2O. The van der Waals surface area contributed by atoms with E-state index in [2.05, 4.69) is 18.2 Å². The van der Waals surface area contributed by atoms with Crippen molar-refractivity contribution < 1.29 is 4.79 Å². The summed E-state index contributed by atoms with van der Waals surface area (Å²) in [6.45, 7) is 9.38. The fraction of sp³-hybridized carbons (Fsp3) is 0.529. The molecule has 1 aliphatic heterocycles. The Morgan fingerprint density at radius 2 is 1.70 bits per heavy atom. The van der Waals surface area contributed by atoms with Crippen molar-refractivity contribution >= 4 is 5.91 Å². The maximum Gasteiger partial charge on any atom is 0.254 e. The normalized spacial score (nSPS) is 17.6. The van der Waals surface area contributed by atoms with Gasteiger partial charge in [-0.25, -0.2) is 0 Å². The summed E-state index contributed by atoms with van der Waals surface area (Å²) in [5.41, 5.74) is 3.83. The van der Waals surface area contributed by atoms with Crippen molar-refractivity contribution in [3.05, 3.63) is 34.4 Å². The zero-order valence-corrected chi connectivity index (χ0v) is 12.8. The van der Waals surface area contributed by atoms with E-state index in [0.717, 1.165) is 29.5 Å². The van der Waals surface area contributed by atoms with Crippen LogP contribution in [-0.4, -0.2) is 23.9 Å². The van der Waals surface area contributed by atoms with E-state index in [1.807, 2.05) is 32.6 Å². The number of piperidine rings is 1. The predicted molar refractivity (Wildman–Crippen MR) is 79.5 cm³/mol. The number of nitrogens with zero attached hydrogens (tertiary/aromatic N) is 2. The molecule has 2 rings (SSSR count). The second-order valence-electron chi connectivity index (χ2n) is 6.24. The third-order valence-electron chi connectivity index (χ3n) is 4.32. The van der Waals surface area contributed by atoms with Crippen molar-refractivity contribution in [1.29, 1.82) is 5.26 Å².